The minimum Gasteiger partial charge on any atom is -0.179 e. The van der Waals surface area contributed by atoms with E-state index in [1.807, 2.05) is 31.2 Å². The van der Waals surface area contributed by atoms with Crippen LogP contribution in [0.15, 0.2) is 28.9 Å². The molecule has 0 aliphatic heterocycles. The van der Waals surface area contributed by atoms with Gasteiger partial charge in [-0.15, -0.1) is 5.10 Å². The number of rotatable bonds is 2. The molecule has 0 radical (unpaired) electrons. The zero-order valence-corrected chi connectivity index (χ0v) is 10.5. The number of aryl methyl sites for hydroxylation is 1. The Morgan fingerprint density at radius 3 is 2.47 bits per heavy atom. The Hall–Kier alpha value is -0.870. The van der Waals surface area contributed by atoms with Gasteiger partial charge >= 0.3 is 0 Å². The van der Waals surface area contributed by atoms with Gasteiger partial charge in [-0.1, -0.05) is 23.7 Å². The Balaban J connectivity index is 2.18. The monoisotopic (exact) mass is 285 g/mol. The second-order valence-electron chi connectivity index (χ2n) is 3.23. The average Bonchev–Trinajstić information content (AvgIpc) is 2.50. The Morgan fingerprint density at radius 2 is 1.93 bits per heavy atom. The van der Waals surface area contributed by atoms with Crippen LogP contribution in [0.1, 0.15) is 11.3 Å². The van der Waals surface area contributed by atoms with E-state index in [1.54, 1.807) is 4.80 Å². The van der Waals surface area contributed by atoms with Gasteiger partial charge in [-0.2, -0.15) is 9.90 Å². The predicted octanol–water partition coefficient (Wildman–Crippen LogP) is 3.05. The highest BCUT2D eigenvalue weighted by molar-refractivity contribution is 9.10. The van der Waals surface area contributed by atoms with E-state index in [1.165, 1.54) is 0 Å². The van der Waals surface area contributed by atoms with Crippen LogP contribution in [0, 0.1) is 6.92 Å². The molecule has 0 aliphatic rings. The number of halogens is 2. The van der Waals surface area contributed by atoms with Crippen LogP contribution < -0.4 is 0 Å². The molecule has 78 valence electrons. The number of benzene rings is 1. The zero-order valence-electron chi connectivity index (χ0n) is 8.11. The Labute approximate surface area is 101 Å². The SMILES string of the molecule is Cc1nn(Cc2ccc(Cl)cc2)nc1Br. The average molecular weight is 287 g/mol. The van der Waals surface area contributed by atoms with Gasteiger partial charge in [-0.25, -0.2) is 0 Å². The third-order valence-corrected chi connectivity index (χ3v) is 2.99. The number of aromatic nitrogens is 3. The van der Waals surface area contributed by atoms with Crippen LogP contribution >= 0.6 is 27.5 Å². The molecule has 0 bridgehead atoms. The topological polar surface area (TPSA) is 30.7 Å². The molecule has 1 heterocycles. The van der Waals surface area contributed by atoms with Gasteiger partial charge in [-0.3, -0.25) is 0 Å². The summed E-state index contributed by atoms with van der Waals surface area (Å²) in [5.74, 6) is 0. The fraction of sp³-hybridized carbons (Fsp3) is 0.200. The maximum absolute atomic E-state index is 5.80. The maximum Gasteiger partial charge on any atom is 0.151 e. The molecular weight excluding hydrogens is 277 g/mol. The smallest absolute Gasteiger partial charge is 0.151 e. The quantitative estimate of drug-likeness (QED) is 0.849. The third kappa shape index (κ3) is 2.58. The van der Waals surface area contributed by atoms with Crippen molar-refractivity contribution in [1.82, 2.24) is 15.0 Å². The van der Waals surface area contributed by atoms with E-state index in [4.69, 9.17) is 11.6 Å². The minimum atomic E-state index is 0.656. The summed E-state index contributed by atoms with van der Waals surface area (Å²) in [6.45, 7) is 2.57. The fourth-order valence-corrected chi connectivity index (χ4v) is 1.62. The number of hydrogen-bond acceptors (Lipinski definition) is 2. The van der Waals surface area contributed by atoms with Gasteiger partial charge in [0.15, 0.2) is 4.60 Å². The summed E-state index contributed by atoms with van der Waals surface area (Å²) < 4.78 is 0.788. The van der Waals surface area contributed by atoms with Gasteiger partial charge in [0.2, 0.25) is 0 Å². The lowest BCUT2D eigenvalue weighted by atomic mass is 10.2. The molecule has 0 fully saturated rings. The molecule has 2 rings (SSSR count). The highest BCUT2D eigenvalue weighted by Gasteiger charge is 2.03. The van der Waals surface area contributed by atoms with Crippen LogP contribution in [0.3, 0.4) is 0 Å². The van der Waals surface area contributed by atoms with Crippen LogP contribution in [-0.4, -0.2) is 15.0 Å². The maximum atomic E-state index is 5.80. The van der Waals surface area contributed by atoms with E-state index in [-0.39, 0.29) is 0 Å². The van der Waals surface area contributed by atoms with Crippen molar-refractivity contribution < 1.29 is 0 Å². The lowest BCUT2D eigenvalue weighted by molar-refractivity contribution is 0.585. The molecule has 0 unspecified atom stereocenters. The Kier molecular flexibility index (Phi) is 3.07. The summed E-state index contributed by atoms with van der Waals surface area (Å²) in [5, 5.41) is 9.21. The van der Waals surface area contributed by atoms with E-state index >= 15 is 0 Å². The van der Waals surface area contributed by atoms with Gasteiger partial charge in [-0.05, 0) is 40.5 Å². The van der Waals surface area contributed by atoms with E-state index < -0.39 is 0 Å². The normalized spacial score (nSPS) is 10.6. The van der Waals surface area contributed by atoms with Crippen LogP contribution in [0.4, 0.5) is 0 Å². The Bertz CT molecular complexity index is 445. The van der Waals surface area contributed by atoms with Crippen LogP contribution in [0.2, 0.25) is 5.02 Å². The fourth-order valence-electron chi connectivity index (χ4n) is 1.23. The molecule has 5 heteroatoms. The molecule has 0 saturated heterocycles. The summed E-state index contributed by atoms with van der Waals surface area (Å²) in [6.07, 6.45) is 0. The predicted molar refractivity (Wildman–Crippen MR) is 63.0 cm³/mol. The largest absolute Gasteiger partial charge is 0.179 e. The summed E-state index contributed by atoms with van der Waals surface area (Å²) in [6, 6.07) is 7.66. The minimum absolute atomic E-state index is 0.656. The van der Waals surface area contributed by atoms with E-state index in [0.717, 1.165) is 20.9 Å². The molecule has 2 aromatic rings. The summed E-state index contributed by atoms with van der Waals surface area (Å²) in [5.41, 5.74) is 2.02. The molecule has 0 amide bonds. The number of nitrogens with zero attached hydrogens (tertiary/aromatic N) is 3. The van der Waals surface area contributed by atoms with Crippen LogP contribution in [-0.2, 0) is 6.54 Å². The van der Waals surface area contributed by atoms with E-state index in [9.17, 15) is 0 Å². The van der Waals surface area contributed by atoms with E-state index in [0.29, 0.717) is 6.54 Å². The molecule has 15 heavy (non-hydrogen) atoms. The van der Waals surface area contributed by atoms with Crippen molar-refractivity contribution in [2.45, 2.75) is 13.5 Å². The summed E-state index contributed by atoms with van der Waals surface area (Å²) in [4.78, 5) is 1.66. The third-order valence-electron chi connectivity index (χ3n) is 2.00. The van der Waals surface area contributed by atoms with E-state index in [2.05, 4.69) is 26.1 Å². The first-order valence-corrected chi connectivity index (χ1v) is 5.64. The van der Waals surface area contributed by atoms with Crippen LogP contribution in [0.25, 0.3) is 0 Å². The summed E-state index contributed by atoms with van der Waals surface area (Å²) in [7, 11) is 0. The molecule has 1 aromatic carbocycles. The molecule has 0 spiro atoms. The molecular formula is C10H9BrClN3. The highest BCUT2D eigenvalue weighted by atomic mass is 79.9. The molecule has 0 saturated carbocycles. The lowest BCUT2D eigenvalue weighted by Crippen LogP contribution is -2.03. The first kappa shape index (κ1) is 10.6. The number of hydrogen-bond donors (Lipinski definition) is 0. The first-order valence-electron chi connectivity index (χ1n) is 4.47. The van der Waals surface area contributed by atoms with Crippen molar-refractivity contribution in [3.8, 4) is 0 Å². The molecule has 0 atom stereocenters. The molecule has 0 aliphatic carbocycles. The van der Waals surface area contributed by atoms with Crippen molar-refractivity contribution in [3.05, 3.63) is 45.1 Å². The van der Waals surface area contributed by atoms with Gasteiger partial charge in [0.25, 0.3) is 0 Å². The second-order valence-corrected chi connectivity index (χ2v) is 4.42. The van der Waals surface area contributed by atoms with Crippen molar-refractivity contribution in [2.24, 2.45) is 0 Å². The Morgan fingerprint density at radius 1 is 1.27 bits per heavy atom. The van der Waals surface area contributed by atoms with Crippen molar-refractivity contribution in [3.63, 3.8) is 0 Å². The van der Waals surface area contributed by atoms with Gasteiger partial charge in [0.05, 0.1) is 12.2 Å². The van der Waals surface area contributed by atoms with Gasteiger partial charge < -0.3 is 0 Å². The van der Waals surface area contributed by atoms with Crippen molar-refractivity contribution in [2.75, 3.05) is 0 Å². The highest BCUT2D eigenvalue weighted by Crippen LogP contribution is 2.12. The van der Waals surface area contributed by atoms with Crippen molar-refractivity contribution >= 4 is 27.5 Å². The molecule has 1 aromatic heterocycles. The molecule has 0 N–H and O–H groups in total. The first-order chi connectivity index (χ1) is 7.15. The van der Waals surface area contributed by atoms with Crippen LogP contribution in [0.5, 0.6) is 0 Å². The van der Waals surface area contributed by atoms with Crippen molar-refractivity contribution in [1.29, 1.82) is 0 Å². The van der Waals surface area contributed by atoms with Gasteiger partial charge in [0.1, 0.15) is 0 Å². The molecule has 3 nitrogen and oxygen atoms in total. The second kappa shape index (κ2) is 4.33. The zero-order chi connectivity index (χ0) is 10.8. The summed E-state index contributed by atoms with van der Waals surface area (Å²) >= 11 is 9.12. The lowest BCUT2D eigenvalue weighted by Gasteiger charge is -1.99. The standard InChI is InChI=1S/C10H9BrClN3/c1-7-10(11)14-15(13-7)6-8-2-4-9(12)5-3-8/h2-5H,6H2,1H3. The van der Waals surface area contributed by atoms with Gasteiger partial charge in [0, 0.05) is 5.02 Å².